The molecule has 3 heterocycles. The number of benzene rings is 2. The summed E-state index contributed by atoms with van der Waals surface area (Å²) in [6.07, 6.45) is 1.55. The molecule has 0 aliphatic carbocycles. The van der Waals surface area contributed by atoms with Gasteiger partial charge in [0, 0.05) is 10.4 Å². The van der Waals surface area contributed by atoms with E-state index in [0.29, 0.717) is 17.5 Å². The molecule has 0 unspecified atom stereocenters. The van der Waals surface area contributed by atoms with Gasteiger partial charge < -0.3 is 4.42 Å². The third-order valence-corrected chi connectivity index (χ3v) is 6.51. The molecule has 5 nitrogen and oxygen atoms in total. The van der Waals surface area contributed by atoms with E-state index in [2.05, 4.69) is 20.2 Å². The molecule has 0 bridgehead atoms. The van der Waals surface area contributed by atoms with E-state index in [1.165, 1.54) is 23.9 Å². The Kier molecular flexibility index (Phi) is 4.79. The fourth-order valence-electron chi connectivity index (χ4n) is 2.83. The van der Waals surface area contributed by atoms with Crippen LogP contribution in [0, 0.1) is 5.82 Å². The number of aromatic nitrogens is 4. The lowest BCUT2D eigenvalue weighted by Gasteiger charge is -1.99. The lowest BCUT2D eigenvalue weighted by molar-refractivity contribution is 0.528. The fraction of sp³-hybridized carbons (Fsp3) is 0.0476. The van der Waals surface area contributed by atoms with Crippen LogP contribution in [0.1, 0.15) is 5.89 Å². The van der Waals surface area contributed by atoms with E-state index in [4.69, 9.17) is 4.42 Å². The van der Waals surface area contributed by atoms with Gasteiger partial charge in [-0.3, -0.25) is 0 Å². The van der Waals surface area contributed by atoms with E-state index in [-0.39, 0.29) is 5.82 Å². The van der Waals surface area contributed by atoms with E-state index >= 15 is 0 Å². The first-order chi connectivity index (χ1) is 14.3. The molecule has 0 N–H and O–H groups in total. The maximum Gasteiger partial charge on any atom is 0.247 e. The minimum atomic E-state index is -0.250. The molecule has 0 saturated carbocycles. The van der Waals surface area contributed by atoms with Gasteiger partial charge in [-0.05, 0) is 35.9 Å². The number of thioether (sulfide) groups is 1. The normalized spacial score (nSPS) is 11.2. The Bertz CT molecular complexity index is 1270. The molecule has 0 saturated heterocycles. The zero-order chi connectivity index (χ0) is 19.6. The molecule has 0 aliphatic heterocycles. The highest BCUT2D eigenvalue weighted by molar-refractivity contribution is 7.98. The summed E-state index contributed by atoms with van der Waals surface area (Å²) < 4.78 is 20.0. The fourth-order valence-corrected chi connectivity index (χ4v) is 4.87. The standard InChI is InChI=1S/C21H13FN4OS2/c22-15-8-6-13(7-9-15)17-10-16-19(29-17)21(24-12-23-16)28-11-18-25-26-20(27-18)14-4-2-1-3-5-14/h1-10,12H,11H2. The van der Waals surface area contributed by atoms with Crippen molar-refractivity contribution in [3.63, 3.8) is 0 Å². The van der Waals surface area contributed by atoms with E-state index in [1.807, 2.05) is 36.4 Å². The summed E-state index contributed by atoms with van der Waals surface area (Å²) in [6.45, 7) is 0. The average Bonchev–Trinajstić information content (AvgIpc) is 3.41. The molecule has 0 amide bonds. The summed E-state index contributed by atoms with van der Waals surface area (Å²) in [6, 6.07) is 18.1. The van der Waals surface area contributed by atoms with Crippen LogP contribution in [-0.4, -0.2) is 20.2 Å². The largest absolute Gasteiger partial charge is 0.420 e. The molecule has 29 heavy (non-hydrogen) atoms. The Balaban J connectivity index is 1.38. The highest BCUT2D eigenvalue weighted by Crippen LogP contribution is 2.37. The SMILES string of the molecule is Fc1ccc(-c2cc3ncnc(SCc4nnc(-c5ccccc5)o4)c3s2)cc1. The molecule has 0 atom stereocenters. The minimum Gasteiger partial charge on any atom is -0.420 e. The second-order valence-electron chi connectivity index (χ2n) is 6.17. The van der Waals surface area contributed by atoms with Crippen molar-refractivity contribution < 1.29 is 8.81 Å². The van der Waals surface area contributed by atoms with Crippen molar-refractivity contribution in [2.45, 2.75) is 10.8 Å². The molecule has 3 aromatic heterocycles. The number of fused-ring (bicyclic) bond motifs is 1. The lowest BCUT2D eigenvalue weighted by atomic mass is 10.2. The van der Waals surface area contributed by atoms with Crippen LogP contribution in [0.4, 0.5) is 4.39 Å². The second kappa shape index (κ2) is 7.73. The van der Waals surface area contributed by atoms with Gasteiger partial charge in [-0.25, -0.2) is 14.4 Å². The Labute approximate surface area is 173 Å². The maximum atomic E-state index is 13.2. The number of hydrogen-bond acceptors (Lipinski definition) is 7. The van der Waals surface area contributed by atoms with Crippen LogP contribution < -0.4 is 0 Å². The number of thiophene rings is 1. The molecule has 8 heteroatoms. The van der Waals surface area contributed by atoms with Gasteiger partial charge in [-0.1, -0.05) is 42.1 Å². The molecule has 0 spiro atoms. The first-order valence-electron chi connectivity index (χ1n) is 8.77. The summed E-state index contributed by atoms with van der Waals surface area (Å²) in [7, 11) is 0. The van der Waals surface area contributed by atoms with Gasteiger partial charge in [-0.2, -0.15) is 0 Å². The Morgan fingerprint density at radius 1 is 0.931 bits per heavy atom. The van der Waals surface area contributed by atoms with Gasteiger partial charge >= 0.3 is 0 Å². The Hall–Kier alpha value is -3.10. The predicted octanol–water partition coefficient (Wildman–Crippen LogP) is 5.84. The quantitative estimate of drug-likeness (QED) is 0.263. The number of hydrogen-bond donors (Lipinski definition) is 0. The first kappa shape index (κ1) is 18.0. The second-order valence-corrected chi connectivity index (χ2v) is 8.18. The highest BCUT2D eigenvalue weighted by atomic mass is 32.2. The van der Waals surface area contributed by atoms with Crippen molar-refractivity contribution >= 4 is 33.3 Å². The molecule has 0 aliphatic rings. The van der Waals surface area contributed by atoms with Gasteiger partial charge in [0.2, 0.25) is 11.8 Å². The van der Waals surface area contributed by atoms with E-state index in [0.717, 1.165) is 31.2 Å². The molecule has 142 valence electrons. The maximum absolute atomic E-state index is 13.2. The van der Waals surface area contributed by atoms with Crippen LogP contribution in [0.15, 0.2) is 76.4 Å². The molecule has 0 fully saturated rings. The number of nitrogens with zero attached hydrogens (tertiary/aromatic N) is 4. The van der Waals surface area contributed by atoms with E-state index in [1.54, 1.807) is 29.8 Å². The van der Waals surface area contributed by atoms with Crippen molar-refractivity contribution in [2.75, 3.05) is 0 Å². The summed E-state index contributed by atoms with van der Waals surface area (Å²) in [5.41, 5.74) is 2.71. The molecule has 2 aromatic carbocycles. The molecule has 0 radical (unpaired) electrons. The topological polar surface area (TPSA) is 64.7 Å². The molecular formula is C21H13FN4OS2. The van der Waals surface area contributed by atoms with Crippen molar-refractivity contribution in [3.05, 3.63) is 78.7 Å². The third kappa shape index (κ3) is 3.76. The number of rotatable bonds is 5. The van der Waals surface area contributed by atoms with Gasteiger partial charge in [0.25, 0.3) is 0 Å². The predicted molar refractivity (Wildman–Crippen MR) is 112 cm³/mol. The van der Waals surface area contributed by atoms with Gasteiger partial charge in [0.15, 0.2) is 0 Å². The van der Waals surface area contributed by atoms with Gasteiger partial charge in [0.1, 0.15) is 17.2 Å². The molecule has 5 rings (SSSR count). The lowest BCUT2D eigenvalue weighted by Crippen LogP contribution is -1.85. The van der Waals surface area contributed by atoms with Crippen LogP contribution in [-0.2, 0) is 5.75 Å². The van der Waals surface area contributed by atoms with E-state index < -0.39 is 0 Å². The van der Waals surface area contributed by atoms with Crippen molar-refractivity contribution in [2.24, 2.45) is 0 Å². The van der Waals surface area contributed by atoms with Crippen LogP contribution >= 0.6 is 23.1 Å². The van der Waals surface area contributed by atoms with Crippen molar-refractivity contribution in [1.29, 1.82) is 0 Å². The molecule has 5 aromatic rings. The highest BCUT2D eigenvalue weighted by Gasteiger charge is 2.13. The summed E-state index contributed by atoms with van der Waals surface area (Å²) in [4.78, 5) is 9.81. The average molecular weight is 420 g/mol. The van der Waals surface area contributed by atoms with E-state index in [9.17, 15) is 4.39 Å². The molecular weight excluding hydrogens is 407 g/mol. The van der Waals surface area contributed by atoms with Crippen molar-refractivity contribution in [3.8, 4) is 21.9 Å². The third-order valence-electron chi connectivity index (χ3n) is 4.23. The first-order valence-corrected chi connectivity index (χ1v) is 10.6. The van der Waals surface area contributed by atoms with Crippen LogP contribution in [0.25, 0.3) is 32.1 Å². The number of halogens is 1. The Morgan fingerprint density at radius 2 is 1.76 bits per heavy atom. The van der Waals surface area contributed by atoms with Crippen LogP contribution in [0.2, 0.25) is 0 Å². The summed E-state index contributed by atoms with van der Waals surface area (Å²) >= 11 is 3.11. The van der Waals surface area contributed by atoms with Gasteiger partial charge in [-0.15, -0.1) is 21.5 Å². The summed E-state index contributed by atoms with van der Waals surface area (Å²) in [5, 5.41) is 9.11. The zero-order valence-electron chi connectivity index (χ0n) is 14.9. The van der Waals surface area contributed by atoms with Crippen molar-refractivity contribution in [1.82, 2.24) is 20.2 Å². The Morgan fingerprint density at radius 3 is 2.59 bits per heavy atom. The van der Waals surface area contributed by atoms with Gasteiger partial charge in [0.05, 0.1) is 16.0 Å². The smallest absolute Gasteiger partial charge is 0.247 e. The zero-order valence-corrected chi connectivity index (χ0v) is 16.6. The van der Waals surface area contributed by atoms with Crippen LogP contribution in [0.5, 0.6) is 0 Å². The monoisotopic (exact) mass is 420 g/mol. The van der Waals surface area contributed by atoms with Crippen LogP contribution in [0.3, 0.4) is 0 Å². The minimum absolute atomic E-state index is 0.250. The summed E-state index contributed by atoms with van der Waals surface area (Å²) in [5.74, 6) is 1.30.